The maximum absolute atomic E-state index is 11.9. The van der Waals surface area contributed by atoms with Gasteiger partial charge in [0.1, 0.15) is 0 Å². The molecule has 0 saturated carbocycles. The Kier molecular flexibility index (Phi) is 5.32. The number of hydrogen-bond donors (Lipinski definition) is 4. The van der Waals surface area contributed by atoms with Crippen LogP contribution in [0.25, 0.3) is 10.9 Å². The average Bonchev–Trinajstić information content (AvgIpc) is 2.88. The zero-order chi connectivity index (χ0) is 15.2. The number of nitrogens with two attached hydrogens (primary N) is 1. The van der Waals surface area contributed by atoms with E-state index in [2.05, 4.69) is 10.3 Å². The first kappa shape index (κ1) is 15.5. The minimum atomic E-state index is -0.723. The van der Waals surface area contributed by atoms with Crippen LogP contribution in [0.4, 0.5) is 0 Å². The number of aromatic nitrogens is 1. The summed E-state index contributed by atoms with van der Waals surface area (Å²) in [5.41, 5.74) is 7.95. The molecule has 1 aromatic heterocycles. The standard InChI is InChI=1S/C15H21N3O3/c1-21-9-11(19)8-18-15(20)13(16)6-10-7-17-14-5-3-2-4-12(10)14/h2-5,7,11,13,17,19H,6,8-9,16H2,1H3,(H,18,20)/t11?,13-/m0/s1. The summed E-state index contributed by atoms with van der Waals surface area (Å²) in [6, 6.07) is 7.22. The second-order valence-corrected chi connectivity index (χ2v) is 5.02. The second-order valence-electron chi connectivity index (χ2n) is 5.02. The van der Waals surface area contributed by atoms with Crippen LogP contribution in [0.3, 0.4) is 0 Å². The number of carbonyl (C=O) groups is 1. The van der Waals surface area contributed by atoms with Crippen molar-refractivity contribution >= 4 is 16.8 Å². The van der Waals surface area contributed by atoms with E-state index >= 15 is 0 Å². The zero-order valence-corrected chi connectivity index (χ0v) is 12.0. The molecule has 0 saturated heterocycles. The Morgan fingerprint density at radius 3 is 3.00 bits per heavy atom. The number of ether oxygens (including phenoxy) is 1. The topological polar surface area (TPSA) is 100 Å². The maximum Gasteiger partial charge on any atom is 0.237 e. The van der Waals surface area contributed by atoms with Crippen molar-refractivity contribution in [3.05, 3.63) is 36.0 Å². The van der Waals surface area contributed by atoms with E-state index in [1.165, 1.54) is 7.11 Å². The lowest BCUT2D eigenvalue weighted by molar-refractivity contribution is -0.122. The predicted octanol–water partition coefficient (Wildman–Crippen LogP) is 0.161. The third kappa shape index (κ3) is 4.04. The third-order valence-electron chi connectivity index (χ3n) is 3.32. The molecule has 2 rings (SSSR count). The molecule has 5 N–H and O–H groups in total. The van der Waals surface area contributed by atoms with E-state index in [-0.39, 0.29) is 19.1 Å². The molecule has 0 fully saturated rings. The smallest absolute Gasteiger partial charge is 0.237 e. The summed E-state index contributed by atoms with van der Waals surface area (Å²) in [5.74, 6) is -0.282. The molecule has 0 bridgehead atoms. The molecule has 6 heteroatoms. The van der Waals surface area contributed by atoms with Crippen LogP contribution in [0.5, 0.6) is 0 Å². The minimum Gasteiger partial charge on any atom is -0.389 e. The molecule has 21 heavy (non-hydrogen) atoms. The predicted molar refractivity (Wildman–Crippen MR) is 80.9 cm³/mol. The number of hydrogen-bond acceptors (Lipinski definition) is 4. The summed E-state index contributed by atoms with van der Waals surface area (Å²) in [4.78, 5) is 15.1. The number of carbonyl (C=O) groups excluding carboxylic acids is 1. The van der Waals surface area contributed by atoms with Crippen molar-refractivity contribution in [1.29, 1.82) is 0 Å². The van der Waals surface area contributed by atoms with E-state index in [9.17, 15) is 9.90 Å². The van der Waals surface area contributed by atoms with Crippen LogP contribution in [0, 0.1) is 0 Å². The van der Waals surface area contributed by atoms with Crippen LogP contribution >= 0.6 is 0 Å². The number of benzene rings is 1. The Labute approximate surface area is 123 Å². The van der Waals surface area contributed by atoms with E-state index < -0.39 is 12.1 Å². The number of aliphatic hydroxyl groups is 1. The number of amides is 1. The summed E-state index contributed by atoms with van der Waals surface area (Å²) in [5, 5.41) is 13.2. The highest BCUT2D eigenvalue weighted by molar-refractivity contribution is 5.86. The lowest BCUT2D eigenvalue weighted by Gasteiger charge is -2.14. The monoisotopic (exact) mass is 291 g/mol. The molecule has 0 spiro atoms. The Hall–Kier alpha value is -1.89. The number of aliphatic hydroxyl groups excluding tert-OH is 1. The summed E-state index contributed by atoms with van der Waals surface area (Å²) < 4.78 is 4.79. The van der Waals surface area contributed by atoms with E-state index in [0.717, 1.165) is 16.5 Å². The molecule has 1 amide bonds. The minimum absolute atomic E-state index is 0.133. The van der Waals surface area contributed by atoms with Gasteiger partial charge < -0.3 is 25.9 Å². The highest BCUT2D eigenvalue weighted by Gasteiger charge is 2.17. The SMILES string of the molecule is COCC(O)CNC(=O)[C@@H](N)Cc1c[nH]c2ccccc12. The number of aromatic amines is 1. The first-order chi connectivity index (χ1) is 10.1. The van der Waals surface area contributed by atoms with Crippen molar-refractivity contribution in [2.45, 2.75) is 18.6 Å². The van der Waals surface area contributed by atoms with Crippen molar-refractivity contribution in [2.75, 3.05) is 20.3 Å². The van der Waals surface area contributed by atoms with Gasteiger partial charge in [0, 0.05) is 30.8 Å². The number of rotatable bonds is 7. The van der Waals surface area contributed by atoms with Crippen molar-refractivity contribution in [2.24, 2.45) is 5.73 Å². The summed E-state index contributed by atoms with van der Waals surface area (Å²) >= 11 is 0. The van der Waals surface area contributed by atoms with Gasteiger partial charge in [-0.3, -0.25) is 4.79 Å². The molecule has 0 aliphatic heterocycles. The van der Waals surface area contributed by atoms with Crippen molar-refractivity contribution in [3.63, 3.8) is 0 Å². The third-order valence-corrected chi connectivity index (χ3v) is 3.32. The number of methoxy groups -OCH3 is 1. The van der Waals surface area contributed by atoms with Gasteiger partial charge in [-0.25, -0.2) is 0 Å². The van der Waals surface area contributed by atoms with Crippen molar-refractivity contribution < 1.29 is 14.6 Å². The number of fused-ring (bicyclic) bond motifs is 1. The zero-order valence-electron chi connectivity index (χ0n) is 12.0. The highest BCUT2D eigenvalue weighted by atomic mass is 16.5. The Morgan fingerprint density at radius 1 is 1.48 bits per heavy atom. The van der Waals surface area contributed by atoms with Gasteiger partial charge in [-0.15, -0.1) is 0 Å². The second kappa shape index (κ2) is 7.21. The van der Waals surface area contributed by atoms with Gasteiger partial charge in [0.05, 0.1) is 18.8 Å². The first-order valence-electron chi connectivity index (χ1n) is 6.87. The summed E-state index contributed by atoms with van der Waals surface area (Å²) in [6.07, 6.45) is 1.59. The molecule has 6 nitrogen and oxygen atoms in total. The quantitative estimate of drug-likeness (QED) is 0.584. The van der Waals surface area contributed by atoms with Gasteiger partial charge in [0.2, 0.25) is 5.91 Å². The summed E-state index contributed by atoms with van der Waals surface area (Å²) in [7, 11) is 1.49. The fourth-order valence-electron chi connectivity index (χ4n) is 2.23. The van der Waals surface area contributed by atoms with Crippen molar-refractivity contribution in [1.82, 2.24) is 10.3 Å². The molecular formula is C15H21N3O3. The molecule has 0 aliphatic rings. The fourth-order valence-corrected chi connectivity index (χ4v) is 2.23. The van der Waals surface area contributed by atoms with Gasteiger partial charge in [-0.05, 0) is 18.1 Å². The van der Waals surface area contributed by atoms with Crippen LogP contribution in [0.15, 0.2) is 30.5 Å². The van der Waals surface area contributed by atoms with Gasteiger partial charge in [0.25, 0.3) is 0 Å². The van der Waals surface area contributed by atoms with E-state index in [0.29, 0.717) is 6.42 Å². The van der Waals surface area contributed by atoms with E-state index in [1.54, 1.807) is 0 Å². The van der Waals surface area contributed by atoms with Crippen LogP contribution in [0.1, 0.15) is 5.56 Å². The average molecular weight is 291 g/mol. The number of para-hydroxylation sites is 1. The number of nitrogens with one attached hydrogen (secondary N) is 2. The molecular weight excluding hydrogens is 270 g/mol. The Morgan fingerprint density at radius 2 is 2.24 bits per heavy atom. The molecule has 1 unspecified atom stereocenters. The van der Waals surface area contributed by atoms with E-state index in [4.69, 9.17) is 10.5 Å². The lowest BCUT2D eigenvalue weighted by Crippen LogP contribution is -2.45. The van der Waals surface area contributed by atoms with Crippen LogP contribution < -0.4 is 11.1 Å². The molecule has 114 valence electrons. The molecule has 2 aromatic rings. The lowest BCUT2D eigenvalue weighted by atomic mass is 10.1. The highest BCUT2D eigenvalue weighted by Crippen LogP contribution is 2.18. The fraction of sp³-hybridized carbons (Fsp3) is 0.400. The Balaban J connectivity index is 1.91. The Bertz CT molecular complexity index is 597. The van der Waals surface area contributed by atoms with Gasteiger partial charge in [-0.1, -0.05) is 18.2 Å². The van der Waals surface area contributed by atoms with E-state index in [1.807, 2.05) is 30.5 Å². The summed E-state index contributed by atoms with van der Waals surface area (Å²) in [6.45, 7) is 0.312. The molecule has 0 radical (unpaired) electrons. The largest absolute Gasteiger partial charge is 0.389 e. The molecule has 1 aromatic carbocycles. The number of H-pyrrole nitrogens is 1. The first-order valence-corrected chi connectivity index (χ1v) is 6.87. The molecule has 1 heterocycles. The van der Waals surface area contributed by atoms with Gasteiger partial charge >= 0.3 is 0 Å². The molecule has 0 aliphatic carbocycles. The van der Waals surface area contributed by atoms with Crippen LogP contribution in [-0.4, -0.2) is 48.4 Å². The van der Waals surface area contributed by atoms with Crippen LogP contribution in [0.2, 0.25) is 0 Å². The molecule has 2 atom stereocenters. The van der Waals surface area contributed by atoms with Gasteiger partial charge in [0.15, 0.2) is 0 Å². The normalized spacial score (nSPS) is 14.0. The van der Waals surface area contributed by atoms with Gasteiger partial charge in [-0.2, -0.15) is 0 Å². The maximum atomic E-state index is 11.9. The van der Waals surface area contributed by atoms with Crippen LogP contribution in [-0.2, 0) is 16.0 Å². The van der Waals surface area contributed by atoms with Crippen molar-refractivity contribution in [3.8, 4) is 0 Å².